The summed E-state index contributed by atoms with van der Waals surface area (Å²) in [4.78, 5) is 27.0. The van der Waals surface area contributed by atoms with Gasteiger partial charge in [0.05, 0.1) is 12.4 Å². The van der Waals surface area contributed by atoms with Crippen LogP contribution in [-0.2, 0) is 16.0 Å². The minimum absolute atomic E-state index is 0.0213. The molecule has 1 fully saturated rings. The Hall–Kier alpha value is -1.85. The van der Waals surface area contributed by atoms with Gasteiger partial charge in [-0.15, -0.1) is 21.5 Å². The molecule has 29 heavy (non-hydrogen) atoms. The zero-order valence-corrected chi connectivity index (χ0v) is 18.7. The molecule has 3 rings (SSSR count). The maximum atomic E-state index is 12.2. The lowest BCUT2D eigenvalue weighted by molar-refractivity contribution is -0.119. The quantitative estimate of drug-likeness (QED) is 0.561. The van der Waals surface area contributed by atoms with Crippen LogP contribution in [-0.4, -0.2) is 65.1 Å². The molecule has 1 saturated heterocycles. The van der Waals surface area contributed by atoms with Crippen molar-refractivity contribution in [1.29, 1.82) is 0 Å². The number of hydrogen-bond donors (Lipinski definition) is 2. The van der Waals surface area contributed by atoms with Gasteiger partial charge in [-0.2, -0.15) is 0 Å². The molecule has 0 bridgehead atoms. The Balaban J connectivity index is 1.31. The number of thioether (sulfide) groups is 1. The molecule has 0 aliphatic carbocycles. The Morgan fingerprint density at radius 3 is 2.90 bits per heavy atom. The SMILES string of the molecule is CCOC(=O)N1CCC(NC(=O)CSc2nnc(NCCc3cccs3)s2)CC1. The molecule has 0 unspecified atom stereocenters. The van der Waals surface area contributed by atoms with Gasteiger partial charge in [-0.25, -0.2) is 4.79 Å². The zero-order chi connectivity index (χ0) is 20.5. The van der Waals surface area contributed by atoms with E-state index >= 15 is 0 Å². The highest BCUT2D eigenvalue weighted by molar-refractivity contribution is 8.01. The summed E-state index contributed by atoms with van der Waals surface area (Å²) in [6.07, 6.45) is 2.17. The van der Waals surface area contributed by atoms with Gasteiger partial charge in [-0.05, 0) is 37.6 Å². The van der Waals surface area contributed by atoms with E-state index in [9.17, 15) is 9.59 Å². The molecule has 0 radical (unpaired) electrons. The molecule has 158 valence electrons. The van der Waals surface area contributed by atoms with Crippen LogP contribution in [0.1, 0.15) is 24.6 Å². The Morgan fingerprint density at radius 2 is 2.17 bits per heavy atom. The number of hydrogen-bond acceptors (Lipinski definition) is 9. The van der Waals surface area contributed by atoms with Crippen LogP contribution in [0.25, 0.3) is 0 Å². The standard InChI is InChI=1S/C18H25N5O3S3/c1-2-26-18(25)23-9-6-13(7-10-23)20-15(24)12-28-17-22-21-16(29-17)19-8-5-14-4-3-11-27-14/h3-4,11,13H,2,5-10,12H2,1H3,(H,19,21)(H,20,24). The van der Waals surface area contributed by atoms with Crippen molar-refractivity contribution in [3.05, 3.63) is 22.4 Å². The lowest BCUT2D eigenvalue weighted by Gasteiger charge is -2.31. The second-order valence-electron chi connectivity index (χ2n) is 6.45. The number of nitrogens with one attached hydrogen (secondary N) is 2. The van der Waals surface area contributed by atoms with Gasteiger partial charge in [0, 0.05) is 30.6 Å². The van der Waals surface area contributed by atoms with Gasteiger partial charge in [0.2, 0.25) is 11.0 Å². The number of carbonyl (C=O) groups is 2. The van der Waals surface area contributed by atoms with E-state index in [4.69, 9.17) is 4.74 Å². The molecule has 11 heteroatoms. The minimum Gasteiger partial charge on any atom is -0.450 e. The summed E-state index contributed by atoms with van der Waals surface area (Å²) in [5.74, 6) is 0.286. The fourth-order valence-electron chi connectivity index (χ4n) is 2.90. The third-order valence-electron chi connectivity index (χ3n) is 4.35. The van der Waals surface area contributed by atoms with Crippen LogP contribution in [0.4, 0.5) is 9.93 Å². The molecule has 2 aromatic heterocycles. The van der Waals surface area contributed by atoms with Crippen molar-refractivity contribution in [2.45, 2.75) is 36.6 Å². The maximum absolute atomic E-state index is 12.2. The fraction of sp³-hybridized carbons (Fsp3) is 0.556. The maximum Gasteiger partial charge on any atom is 0.409 e. The molecule has 1 aliphatic heterocycles. The lowest BCUT2D eigenvalue weighted by Crippen LogP contribution is -2.47. The third kappa shape index (κ3) is 7.16. The molecule has 1 aliphatic rings. The summed E-state index contributed by atoms with van der Waals surface area (Å²) in [6.45, 7) is 4.20. The number of nitrogens with zero attached hydrogens (tertiary/aromatic N) is 3. The Bertz CT molecular complexity index is 776. The Labute approximate surface area is 182 Å². The average Bonchev–Trinajstić information content (AvgIpc) is 3.39. The highest BCUT2D eigenvalue weighted by Gasteiger charge is 2.24. The summed E-state index contributed by atoms with van der Waals surface area (Å²) in [6, 6.07) is 4.26. The number of amides is 2. The van der Waals surface area contributed by atoms with E-state index in [1.54, 1.807) is 23.2 Å². The van der Waals surface area contributed by atoms with Gasteiger partial charge >= 0.3 is 6.09 Å². The van der Waals surface area contributed by atoms with E-state index in [1.165, 1.54) is 28.0 Å². The van der Waals surface area contributed by atoms with E-state index in [1.807, 2.05) is 0 Å². The van der Waals surface area contributed by atoms with Gasteiger partial charge in [0.15, 0.2) is 4.34 Å². The highest BCUT2D eigenvalue weighted by Crippen LogP contribution is 2.25. The molecule has 2 aromatic rings. The van der Waals surface area contributed by atoms with E-state index in [-0.39, 0.29) is 18.0 Å². The molecule has 3 heterocycles. The summed E-state index contributed by atoms with van der Waals surface area (Å²) in [5.41, 5.74) is 0. The van der Waals surface area contributed by atoms with Gasteiger partial charge in [0.1, 0.15) is 0 Å². The first-order chi connectivity index (χ1) is 14.1. The van der Waals surface area contributed by atoms with Crippen molar-refractivity contribution in [3.8, 4) is 0 Å². The number of likely N-dealkylation sites (tertiary alicyclic amines) is 1. The van der Waals surface area contributed by atoms with E-state index < -0.39 is 0 Å². The predicted molar refractivity (Wildman–Crippen MR) is 117 cm³/mol. The number of ether oxygens (including phenoxy) is 1. The topological polar surface area (TPSA) is 96.5 Å². The van der Waals surface area contributed by atoms with Crippen LogP contribution >= 0.6 is 34.4 Å². The van der Waals surface area contributed by atoms with Crippen molar-refractivity contribution >= 4 is 51.6 Å². The molecule has 0 spiro atoms. The summed E-state index contributed by atoms with van der Waals surface area (Å²) in [5, 5.41) is 17.4. The molecule has 8 nitrogen and oxygen atoms in total. The van der Waals surface area contributed by atoms with Crippen molar-refractivity contribution in [2.75, 3.05) is 37.3 Å². The molecule has 2 N–H and O–H groups in total. The molecular formula is C18H25N5O3S3. The fourth-order valence-corrected chi connectivity index (χ4v) is 5.20. The monoisotopic (exact) mass is 455 g/mol. The average molecular weight is 456 g/mol. The van der Waals surface area contributed by atoms with Crippen LogP contribution in [0, 0.1) is 0 Å². The second-order valence-corrected chi connectivity index (χ2v) is 9.68. The number of anilines is 1. The Morgan fingerprint density at radius 1 is 1.34 bits per heavy atom. The van der Waals surface area contributed by atoms with Gasteiger partial charge in [0.25, 0.3) is 0 Å². The molecule has 2 amide bonds. The van der Waals surface area contributed by atoms with E-state index in [0.717, 1.165) is 35.3 Å². The molecule has 0 saturated carbocycles. The Kier molecular flexibility index (Phi) is 8.56. The number of aromatic nitrogens is 2. The first-order valence-electron chi connectivity index (χ1n) is 9.57. The first-order valence-corrected chi connectivity index (χ1v) is 12.3. The number of piperidine rings is 1. The second kappa shape index (κ2) is 11.4. The minimum atomic E-state index is -0.274. The first kappa shape index (κ1) is 21.8. The van der Waals surface area contributed by atoms with Crippen molar-refractivity contribution in [3.63, 3.8) is 0 Å². The molecular weight excluding hydrogens is 430 g/mol. The van der Waals surface area contributed by atoms with Gasteiger partial charge in [-0.3, -0.25) is 4.79 Å². The molecule has 0 atom stereocenters. The number of carbonyl (C=O) groups excluding carboxylic acids is 2. The van der Waals surface area contributed by atoms with Crippen LogP contribution in [0.2, 0.25) is 0 Å². The summed E-state index contributed by atoms with van der Waals surface area (Å²) >= 11 is 4.60. The van der Waals surface area contributed by atoms with E-state index in [0.29, 0.717) is 25.4 Å². The largest absolute Gasteiger partial charge is 0.450 e. The number of thiophene rings is 1. The smallest absolute Gasteiger partial charge is 0.409 e. The van der Waals surface area contributed by atoms with Gasteiger partial charge < -0.3 is 20.3 Å². The van der Waals surface area contributed by atoms with Crippen LogP contribution < -0.4 is 10.6 Å². The lowest BCUT2D eigenvalue weighted by atomic mass is 10.1. The normalized spacial score (nSPS) is 14.6. The van der Waals surface area contributed by atoms with Crippen molar-refractivity contribution in [1.82, 2.24) is 20.4 Å². The highest BCUT2D eigenvalue weighted by atomic mass is 32.2. The number of rotatable bonds is 9. The third-order valence-corrected chi connectivity index (χ3v) is 7.30. The predicted octanol–water partition coefficient (Wildman–Crippen LogP) is 3.08. The zero-order valence-electron chi connectivity index (χ0n) is 16.3. The molecule has 0 aromatic carbocycles. The van der Waals surface area contributed by atoms with E-state index in [2.05, 4.69) is 38.3 Å². The van der Waals surface area contributed by atoms with Crippen molar-refractivity contribution < 1.29 is 14.3 Å². The van der Waals surface area contributed by atoms with Crippen LogP contribution in [0.5, 0.6) is 0 Å². The van der Waals surface area contributed by atoms with Crippen LogP contribution in [0.3, 0.4) is 0 Å². The van der Waals surface area contributed by atoms with Crippen molar-refractivity contribution in [2.24, 2.45) is 0 Å². The van der Waals surface area contributed by atoms with Crippen LogP contribution in [0.15, 0.2) is 21.9 Å². The summed E-state index contributed by atoms with van der Waals surface area (Å²) < 4.78 is 5.78. The van der Waals surface area contributed by atoms with Gasteiger partial charge in [-0.1, -0.05) is 29.2 Å². The summed E-state index contributed by atoms with van der Waals surface area (Å²) in [7, 11) is 0.